The Morgan fingerprint density at radius 3 is 2.40 bits per heavy atom. The van der Waals surface area contributed by atoms with Gasteiger partial charge in [-0.25, -0.2) is 8.42 Å². The van der Waals surface area contributed by atoms with Crippen molar-refractivity contribution in [1.82, 2.24) is 0 Å². The van der Waals surface area contributed by atoms with E-state index in [1.807, 2.05) is 13.8 Å². The molecule has 0 aromatic heterocycles. The zero-order valence-electron chi connectivity index (χ0n) is 12.9. The number of unbranched alkanes of at least 4 members (excludes halogenated alkanes) is 1. The predicted octanol–water partition coefficient (Wildman–Crippen LogP) is 2.35. The van der Waals surface area contributed by atoms with Gasteiger partial charge in [0.2, 0.25) is 0 Å². The summed E-state index contributed by atoms with van der Waals surface area (Å²) < 4.78 is 29.5. The molecule has 0 N–H and O–H groups in total. The van der Waals surface area contributed by atoms with Crippen molar-refractivity contribution in [3.8, 4) is 0 Å². The molecule has 0 spiro atoms. The largest absolute Gasteiger partial charge is 0.748 e. The topological polar surface area (TPSA) is 74.3 Å². The summed E-state index contributed by atoms with van der Waals surface area (Å²) in [5, 5.41) is 0. The van der Waals surface area contributed by atoms with E-state index in [0.717, 1.165) is 24.5 Å². The van der Waals surface area contributed by atoms with E-state index in [4.69, 9.17) is 0 Å². The molecule has 2 unspecified atom stereocenters. The summed E-state index contributed by atoms with van der Waals surface area (Å²) in [4.78, 5) is 11.2. The van der Waals surface area contributed by atoms with Crippen LogP contribution in [0.25, 0.3) is 0 Å². The number of rotatable bonds is 6. The van der Waals surface area contributed by atoms with E-state index in [1.165, 1.54) is 24.3 Å². The Kier molecular flexibility index (Phi) is 10.6. The van der Waals surface area contributed by atoms with Crippen molar-refractivity contribution < 1.29 is 17.8 Å². The van der Waals surface area contributed by atoms with Gasteiger partial charge in [0.1, 0.15) is 11.5 Å². The average molecular weight is 325 g/mol. The standard InChI is InChI=1S/C10H19OS.C4H10O3S/c1-3-10(11)8-12-6-4-5-9(2)7-12;1-2-3-4-8(5,6)7/h9H,3-8H2,1-2H3;2-4H2,1H3,(H,5,6,7)/q+1;/p-1. The molecular weight excluding hydrogens is 296 g/mol. The van der Waals surface area contributed by atoms with Crippen LogP contribution in [0.1, 0.15) is 52.9 Å². The monoisotopic (exact) mass is 324 g/mol. The lowest BCUT2D eigenvalue weighted by Gasteiger charge is -2.18. The number of hydrogen-bond donors (Lipinski definition) is 0. The number of hydrogen-bond acceptors (Lipinski definition) is 4. The molecule has 1 aliphatic heterocycles. The highest BCUT2D eigenvalue weighted by atomic mass is 32.2. The van der Waals surface area contributed by atoms with E-state index >= 15 is 0 Å². The fourth-order valence-electron chi connectivity index (χ4n) is 1.99. The first-order valence-electron chi connectivity index (χ1n) is 7.37. The van der Waals surface area contributed by atoms with Crippen LogP contribution in [0, 0.1) is 5.92 Å². The zero-order valence-corrected chi connectivity index (χ0v) is 14.5. The molecular formula is C14H28O4S2. The molecule has 4 nitrogen and oxygen atoms in total. The lowest BCUT2D eigenvalue weighted by Crippen LogP contribution is -2.29. The van der Waals surface area contributed by atoms with Crippen molar-refractivity contribution in [1.29, 1.82) is 0 Å². The smallest absolute Gasteiger partial charge is 0.181 e. The maximum absolute atomic E-state index is 11.2. The lowest BCUT2D eigenvalue weighted by molar-refractivity contribution is -0.116. The van der Waals surface area contributed by atoms with Gasteiger partial charge in [0.25, 0.3) is 0 Å². The molecule has 2 atom stereocenters. The molecule has 1 saturated heterocycles. The molecule has 6 heteroatoms. The minimum absolute atomic E-state index is 0.219. The number of ketones is 1. The predicted molar refractivity (Wildman–Crippen MR) is 85.1 cm³/mol. The maximum Gasteiger partial charge on any atom is 0.181 e. The van der Waals surface area contributed by atoms with Gasteiger partial charge in [0.05, 0.1) is 10.1 Å². The number of carbonyl (C=O) groups is 1. The first kappa shape index (κ1) is 19.9. The van der Waals surface area contributed by atoms with E-state index in [2.05, 4.69) is 6.92 Å². The van der Waals surface area contributed by atoms with Gasteiger partial charge in [-0.3, -0.25) is 4.79 Å². The second-order valence-corrected chi connectivity index (χ2v) is 9.16. The Balaban J connectivity index is 0.000000396. The van der Waals surface area contributed by atoms with Crippen LogP contribution < -0.4 is 0 Å². The van der Waals surface area contributed by atoms with Crippen molar-refractivity contribution in [3.63, 3.8) is 0 Å². The first-order valence-corrected chi connectivity index (χ1v) is 10.7. The molecule has 1 rings (SSSR count). The Morgan fingerprint density at radius 1 is 1.35 bits per heavy atom. The van der Waals surface area contributed by atoms with Crippen LogP contribution in [0.3, 0.4) is 0 Å². The summed E-state index contributed by atoms with van der Waals surface area (Å²) in [6.45, 7) is 6.12. The van der Waals surface area contributed by atoms with E-state index in [9.17, 15) is 17.8 Å². The Morgan fingerprint density at radius 2 is 2.00 bits per heavy atom. The van der Waals surface area contributed by atoms with Crippen molar-refractivity contribution in [3.05, 3.63) is 0 Å². The molecule has 0 aliphatic carbocycles. The molecule has 20 heavy (non-hydrogen) atoms. The minimum atomic E-state index is -3.94. The number of carbonyl (C=O) groups excluding carboxylic acids is 1. The van der Waals surface area contributed by atoms with Gasteiger partial charge in [-0.1, -0.05) is 27.2 Å². The van der Waals surface area contributed by atoms with Gasteiger partial charge < -0.3 is 4.55 Å². The third-order valence-corrected chi connectivity index (χ3v) is 6.58. The fourth-order valence-corrected chi connectivity index (χ4v) is 5.26. The normalized spacial score (nSPS) is 22.8. The Bertz CT molecular complexity index is 365. The Labute approximate surface area is 126 Å². The van der Waals surface area contributed by atoms with E-state index in [-0.39, 0.29) is 5.75 Å². The fraction of sp³-hybridized carbons (Fsp3) is 0.929. The molecule has 0 aromatic rings. The highest BCUT2D eigenvalue weighted by Crippen LogP contribution is 2.19. The summed E-state index contributed by atoms with van der Waals surface area (Å²) in [6, 6.07) is 0. The SMILES string of the molecule is CCC(=O)C[S+]1CCCC(C)C1.CCCCS(=O)(=O)[O-]. The van der Waals surface area contributed by atoms with Crippen LogP contribution in [0.2, 0.25) is 0 Å². The van der Waals surface area contributed by atoms with Crippen LogP contribution in [0.15, 0.2) is 0 Å². The van der Waals surface area contributed by atoms with Gasteiger partial charge in [0.15, 0.2) is 11.5 Å². The van der Waals surface area contributed by atoms with Crippen LogP contribution in [-0.2, 0) is 25.8 Å². The maximum atomic E-state index is 11.2. The van der Waals surface area contributed by atoms with E-state index in [1.54, 1.807) is 0 Å². The van der Waals surface area contributed by atoms with Crippen LogP contribution in [0.4, 0.5) is 0 Å². The molecule has 120 valence electrons. The van der Waals surface area contributed by atoms with Gasteiger partial charge in [-0.05, 0) is 30.2 Å². The van der Waals surface area contributed by atoms with Crippen molar-refractivity contribution in [2.45, 2.75) is 52.9 Å². The van der Waals surface area contributed by atoms with Crippen molar-refractivity contribution in [2.75, 3.05) is 23.0 Å². The molecule has 1 fully saturated rings. The highest BCUT2D eigenvalue weighted by molar-refractivity contribution is 7.97. The van der Waals surface area contributed by atoms with Crippen molar-refractivity contribution >= 4 is 26.8 Å². The molecule has 1 heterocycles. The molecule has 0 bridgehead atoms. The summed E-state index contributed by atoms with van der Waals surface area (Å²) in [6.07, 6.45) is 4.69. The third-order valence-electron chi connectivity index (χ3n) is 3.16. The third kappa shape index (κ3) is 11.7. The van der Waals surface area contributed by atoms with Crippen LogP contribution in [-0.4, -0.2) is 41.8 Å². The summed E-state index contributed by atoms with van der Waals surface area (Å²) in [5.41, 5.74) is 0. The molecule has 0 amide bonds. The van der Waals surface area contributed by atoms with Gasteiger partial charge in [-0.2, -0.15) is 0 Å². The van der Waals surface area contributed by atoms with E-state index < -0.39 is 10.1 Å². The van der Waals surface area contributed by atoms with Crippen LogP contribution in [0.5, 0.6) is 0 Å². The molecule has 0 aromatic carbocycles. The van der Waals surface area contributed by atoms with Crippen molar-refractivity contribution in [2.24, 2.45) is 5.92 Å². The summed E-state index contributed by atoms with van der Waals surface area (Å²) >= 11 is 0. The van der Waals surface area contributed by atoms with Gasteiger partial charge in [0, 0.05) is 18.1 Å². The molecule has 0 radical (unpaired) electrons. The quantitative estimate of drug-likeness (QED) is 0.555. The zero-order chi connectivity index (χ0) is 15.6. The summed E-state index contributed by atoms with van der Waals surface area (Å²) in [7, 11) is -3.49. The number of Topliss-reactive ketones (excluding diaryl/α,β-unsaturated/α-hetero) is 1. The first-order chi connectivity index (χ1) is 9.28. The molecule has 0 saturated carbocycles. The van der Waals surface area contributed by atoms with Crippen LogP contribution >= 0.6 is 0 Å². The second kappa shape index (κ2) is 10.6. The summed E-state index contributed by atoms with van der Waals surface area (Å²) in [5.74, 6) is 4.62. The lowest BCUT2D eigenvalue weighted by atomic mass is 10.1. The Hall–Kier alpha value is -0.0700. The van der Waals surface area contributed by atoms with Gasteiger partial charge in [-0.15, -0.1) is 0 Å². The second-order valence-electron chi connectivity index (χ2n) is 5.38. The minimum Gasteiger partial charge on any atom is -0.748 e. The highest BCUT2D eigenvalue weighted by Gasteiger charge is 2.28. The average Bonchev–Trinajstić information content (AvgIpc) is 2.36. The van der Waals surface area contributed by atoms with Gasteiger partial charge >= 0.3 is 0 Å². The molecule has 1 aliphatic rings. The van der Waals surface area contributed by atoms with E-state index in [0.29, 0.717) is 23.1 Å².